The zero-order valence-corrected chi connectivity index (χ0v) is 14.2. The van der Waals surface area contributed by atoms with Crippen LogP contribution in [0.15, 0.2) is 24.3 Å². The Morgan fingerprint density at radius 3 is 2.70 bits per heavy atom. The van der Waals surface area contributed by atoms with Gasteiger partial charge in [0, 0.05) is 31.7 Å². The molecule has 1 amide bonds. The number of aryl methyl sites for hydroxylation is 1. The minimum Gasteiger partial charge on any atom is -0.352 e. The average molecular weight is 315 g/mol. The van der Waals surface area contributed by atoms with Crippen molar-refractivity contribution in [3.63, 3.8) is 0 Å². The Morgan fingerprint density at radius 2 is 2.00 bits per heavy atom. The molecule has 2 fully saturated rings. The van der Waals surface area contributed by atoms with Gasteiger partial charge in [0.1, 0.15) is 0 Å². The highest BCUT2D eigenvalue weighted by Gasteiger charge is 2.26. The number of carbonyl (C=O) groups is 1. The molecule has 0 radical (unpaired) electrons. The van der Waals surface area contributed by atoms with Crippen LogP contribution in [0.4, 0.5) is 0 Å². The lowest BCUT2D eigenvalue weighted by atomic mass is 10.0. The van der Waals surface area contributed by atoms with Gasteiger partial charge in [-0.05, 0) is 30.4 Å². The first-order chi connectivity index (χ1) is 11.3. The molecule has 23 heavy (non-hydrogen) atoms. The Bertz CT molecular complexity index is 508. The number of hydrogen-bond acceptors (Lipinski definition) is 3. The van der Waals surface area contributed by atoms with Crippen molar-refractivity contribution < 1.29 is 4.79 Å². The van der Waals surface area contributed by atoms with Gasteiger partial charge in [-0.15, -0.1) is 0 Å². The molecular weight excluding hydrogens is 286 g/mol. The molecule has 126 valence electrons. The van der Waals surface area contributed by atoms with Gasteiger partial charge in [0.05, 0.1) is 6.54 Å². The molecule has 2 N–H and O–H groups in total. The topological polar surface area (TPSA) is 44.4 Å². The monoisotopic (exact) mass is 315 g/mol. The third-order valence-electron chi connectivity index (χ3n) is 5.19. The second-order valence-corrected chi connectivity index (χ2v) is 6.83. The molecule has 0 spiro atoms. The fraction of sp³-hybridized carbons (Fsp3) is 0.632. The van der Waals surface area contributed by atoms with E-state index in [2.05, 4.69) is 46.7 Å². The minimum atomic E-state index is 0.189. The van der Waals surface area contributed by atoms with E-state index in [0.29, 0.717) is 18.6 Å². The molecule has 1 atom stereocenters. The SMILES string of the molecule is CCc1ccc(C2CNCCN2CC(=O)NC2CCCC2)cc1. The van der Waals surface area contributed by atoms with Crippen LogP contribution in [0.3, 0.4) is 0 Å². The van der Waals surface area contributed by atoms with Gasteiger partial charge < -0.3 is 10.6 Å². The predicted octanol–water partition coefficient (Wildman–Crippen LogP) is 2.25. The molecule has 4 heteroatoms. The van der Waals surface area contributed by atoms with Gasteiger partial charge in [-0.2, -0.15) is 0 Å². The molecule has 1 saturated carbocycles. The van der Waals surface area contributed by atoms with E-state index in [-0.39, 0.29) is 5.91 Å². The minimum absolute atomic E-state index is 0.189. The first-order valence-corrected chi connectivity index (χ1v) is 9.09. The molecule has 1 aromatic rings. The van der Waals surface area contributed by atoms with Crippen LogP contribution in [-0.2, 0) is 11.2 Å². The highest BCUT2D eigenvalue weighted by atomic mass is 16.2. The van der Waals surface area contributed by atoms with Crippen LogP contribution in [0.25, 0.3) is 0 Å². The fourth-order valence-corrected chi connectivity index (χ4v) is 3.77. The van der Waals surface area contributed by atoms with E-state index < -0.39 is 0 Å². The number of hydrogen-bond donors (Lipinski definition) is 2. The summed E-state index contributed by atoms with van der Waals surface area (Å²) in [6, 6.07) is 9.56. The van der Waals surface area contributed by atoms with Gasteiger partial charge in [0.2, 0.25) is 5.91 Å². The number of nitrogens with one attached hydrogen (secondary N) is 2. The Balaban J connectivity index is 1.61. The summed E-state index contributed by atoms with van der Waals surface area (Å²) in [6.45, 7) is 5.50. The number of nitrogens with zero attached hydrogens (tertiary/aromatic N) is 1. The van der Waals surface area contributed by atoms with Gasteiger partial charge in [-0.1, -0.05) is 44.0 Å². The van der Waals surface area contributed by atoms with Gasteiger partial charge in [0.25, 0.3) is 0 Å². The number of amides is 1. The summed E-state index contributed by atoms with van der Waals surface area (Å²) in [7, 11) is 0. The summed E-state index contributed by atoms with van der Waals surface area (Å²) in [6.07, 6.45) is 5.87. The summed E-state index contributed by atoms with van der Waals surface area (Å²) >= 11 is 0. The Morgan fingerprint density at radius 1 is 1.26 bits per heavy atom. The third kappa shape index (κ3) is 4.33. The largest absolute Gasteiger partial charge is 0.352 e. The summed E-state index contributed by atoms with van der Waals surface area (Å²) in [5.74, 6) is 0.189. The molecule has 1 heterocycles. The van der Waals surface area contributed by atoms with E-state index in [1.165, 1.54) is 24.0 Å². The molecule has 0 aromatic heterocycles. The van der Waals surface area contributed by atoms with Crippen molar-refractivity contribution in [2.75, 3.05) is 26.2 Å². The van der Waals surface area contributed by atoms with Crippen LogP contribution in [0.2, 0.25) is 0 Å². The third-order valence-corrected chi connectivity index (χ3v) is 5.19. The van der Waals surface area contributed by atoms with E-state index in [1.807, 2.05) is 0 Å². The quantitative estimate of drug-likeness (QED) is 0.876. The van der Waals surface area contributed by atoms with E-state index in [1.54, 1.807) is 0 Å². The van der Waals surface area contributed by atoms with Gasteiger partial charge in [-0.3, -0.25) is 9.69 Å². The summed E-state index contributed by atoms with van der Waals surface area (Å²) in [4.78, 5) is 14.7. The molecular formula is C19H29N3O. The summed E-state index contributed by atoms with van der Waals surface area (Å²) < 4.78 is 0. The van der Waals surface area contributed by atoms with E-state index in [9.17, 15) is 4.79 Å². The van der Waals surface area contributed by atoms with Crippen molar-refractivity contribution in [2.45, 2.75) is 51.1 Å². The number of piperazine rings is 1. The highest BCUT2D eigenvalue weighted by molar-refractivity contribution is 5.78. The number of benzene rings is 1. The molecule has 0 bridgehead atoms. The Hall–Kier alpha value is -1.39. The summed E-state index contributed by atoms with van der Waals surface area (Å²) in [5, 5.41) is 6.68. The number of rotatable bonds is 5. The molecule has 3 rings (SSSR count). The lowest BCUT2D eigenvalue weighted by Crippen LogP contribution is -2.50. The molecule has 1 saturated heterocycles. The van der Waals surface area contributed by atoms with Crippen LogP contribution in [0.5, 0.6) is 0 Å². The van der Waals surface area contributed by atoms with Crippen molar-refractivity contribution in [1.29, 1.82) is 0 Å². The van der Waals surface area contributed by atoms with Crippen LogP contribution >= 0.6 is 0 Å². The lowest BCUT2D eigenvalue weighted by molar-refractivity contribution is -0.123. The Kier molecular flexibility index (Phi) is 5.68. The normalized spacial score (nSPS) is 23.1. The zero-order chi connectivity index (χ0) is 16.1. The van der Waals surface area contributed by atoms with Crippen molar-refractivity contribution in [3.8, 4) is 0 Å². The second-order valence-electron chi connectivity index (χ2n) is 6.83. The van der Waals surface area contributed by atoms with Crippen molar-refractivity contribution in [1.82, 2.24) is 15.5 Å². The molecule has 1 aliphatic heterocycles. The van der Waals surface area contributed by atoms with Gasteiger partial charge >= 0.3 is 0 Å². The smallest absolute Gasteiger partial charge is 0.234 e. The Labute approximate surface area is 139 Å². The molecule has 4 nitrogen and oxygen atoms in total. The van der Waals surface area contributed by atoms with Crippen molar-refractivity contribution >= 4 is 5.91 Å². The molecule has 1 aliphatic carbocycles. The fourth-order valence-electron chi connectivity index (χ4n) is 3.77. The highest BCUT2D eigenvalue weighted by Crippen LogP contribution is 2.23. The molecule has 1 unspecified atom stereocenters. The van der Waals surface area contributed by atoms with E-state index in [0.717, 1.165) is 38.9 Å². The average Bonchev–Trinajstić information content (AvgIpc) is 3.08. The van der Waals surface area contributed by atoms with Crippen molar-refractivity contribution in [2.24, 2.45) is 0 Å². The van der Waals surface area contributed by atoms with Gasteiger partial charge in [0.15, 0.2) is 0 Å². The lowest BCUT2D eigenvalue weighted by Gasteiger charge is -2.36. The maximum absolute atomic E-state index is 12.4. The van der Waals surface area contributed by atoms with E-state index >= 15 is 0 Å². The molecule has 1 aromatic carbocycles. The van der Waals surface area contributed by atoms with Crippen molar-refractivity contribution in [3.05, 3.63) is 35.4 Å². The maximum atomic E-state index is 12.4. The predicted molar refractivity (Wildman–Crippen MR) is 93.4 cm³/mol. The van der Waals surface area contributed by atoms with Crippen LogP contribution in [0.1, 0.15) is 49.8 Å². The van der Waals surface area contributed by atoms with Gasteiger partial charge in [-0.25, -0.2) is 0 Å². The maximum Gasteiger partial charge on any atom is 0.234 e. The standard InChI is InChI=1S/C19H29N3O/c1-2-15-7-9-16(10-8-15)18-13-20-11-12-22(18)14-19(23)21-17-5-3-4-6-17/h7-10,17-18,20H,2-6,11-14H2,1H3,(H,21,23). The zero-order valence-electron chi connectivity index (χ0n) is 14.2. The van der Waals surface area contributed by atoms with Crippen LogP contribution in [-0.4, -0.2) is 43.0 Å². The second kappa shape index (κ2) is 7.93. The van der Waals surface area contributed by atoms with Crippen LogP contribution < -0.4 is 10.6 Å². The first-order valence-electron chi connectivity index (χ1n) is 9.09. The summed E-state index contributed by atoms with van der Waals surface area (Å²) in [5.41, 5.74) is 2.67. The number of carbonyl (C=O) groups excluding carboxylic acids is 1. The molecule has 2 aliphatic rings. The van der Waals surface area contributed by atoms with Crippen LogP contribution in [0, 0.1) is 0 Å². The first kappa shape index (κ1) is 16.5. The van der Waals surface area contributed by atoms with E-state index in [4.69, 9.17) is 0 Å².